The van der Waals surface area contributed by atoms with Crippen LogP contribution in [0.3, 0.4) is 0 Å². The van der Waals surface area contributed by atoms with Crippen LogP contribution < -0.4 is 10.6 Å². The van der Waals surface area contributed by atoms with E-state index in [4.69, 9.17) is 0 Å². The van der Waals surface area contributed by atoms with Crippen molar-refractivity contribution in [3.63, 3.8) is 0 Å². The van der Waals surface area contributed by atoms with E-state index in [-0.39, 0.29) is 29.9 Å². The third kappa shape index (κ3) is 6.73. The van der Waals surface area contributed by atoms with Crippen molar-refractivity contribution in [2.24, 2.45) is 4.99 Å². The Hall–Kier alpha value is -2.09. The quantitative estimate of drug-likeness (QED) is 0.355. The van der Waals surface area contributed by atoms with Gasteiger partial charge in [0, 0.05) is 39.6 Å². The molecule has 2 aromatic carbocycles. The van der Waals surface area contributed by atoms with Crippen molar-refractivity contribution in [2.75, 3.05) is 13.6 Å². The van der Waals surface area contributed by atoms with Gasteiger partial charge in [-0.2, -0.15) is 0 Å². The van der Waals surface area contributed by atoms with Crippen LogP contribution in [-0.4, -0.2) is 30.4 Å². The Morgan fingerprint density at radius 2 is 1.83 bits per heavy atom. The largest absolute Gasteiger partial charge is 0.352 e. The van der Waals surface area contributed by atoms with Gasteiger partial charge in [0.1, 0.15) is 0 Å². The van der Waals surface area contributed by atoms with E-state index in [1.54, 1.807) is 7.05 Å². The maximum absolute atomic E-state index is 11.8. The van der Waals surface area contributed by atoms with Crippen LogP contribution in [0.2, 0.25) is 0 Å². The van der Waals surface area contributed by atoms with Crippen LogP contribution in [0.15, 0.2) is 47.5 Å². The highest BCUT2D eigenvalue weighted by atomic mass is 127. The lowest BCUT2D eigenvalue weighted by atomic mass is 10.1. The van der Waals surface area contributed by atoms with Gasteiger partial charge in [0.05, 0.1) is 0 Å². The molecule has 5 nitrogen and oxygen atoms in total. The van der Waals surface area contributed by atoms with Crippen LogP contribution in [-0.2, 0) is 24.4 Å². The van der Waals surface area contributed by atoms with Crippen molar-refractivity contribution in [3.05, 3.63) is 70.3 Å². The summed E-state index contributed by atoms with van der Waals surface area (Å²) in [6.07, 6.45) is 1.66. The Bertz CT molecular complexity index is 866. The van der Waals surface area contributed by atoms with Crippen molar-refractivity contribution in [1.29, 1.82) is 0 Å². The minimum atomic E-state index is 0. The van der Waals surface area contributed by atoms with E-state index in [0.717, 1.165) is 25.5 Å². The number of benzene rings is 2. The molecule has 2 aromatic rings. The number of nitrogens with one attached hydrogen (secondary N) is 2. The molecular formula is C23H31IN4O. The maximum atomic E-state index is 11.8. The molecule has 0 aliphatic carbocycles. The predicted molar refractivity (Wildman–Crippen MR) is 129 cm³/mol. The van der Waals surface area contributed by atoms with E-state index < -0.39 is 0 Å². The number of hydrogen-bond acceptors (Lipinski definition) is 2. The fraction of sp³-hybridized carbons (Fsp3) is 0.391. The first-order valence-corrected chi connectivity index (χ1v) is 9.91. The summed E-state index contributed by atoms with van der Waals surface area (Å²) in [4.78, 5) is 18.1. The summed E-state index contributed by atoms with van der Waals surface area (Å²) in [6.45, 7) is 7.25. The lowest BCUT2D eigenvalue weighted by Crippen LogP contribution is -2.36. The monoisotopic (exact) mass is 506 g/mol. The Balaban J connectivity index is 0.00000300. The molecule has 0 radical (unpaired) electrons. The van der Waals surface area contributed by atoms with Crippen LogP contribution in [0.5, 0.6) is 0 Å². The van der Waals surface area contributed by atoms with Crippen molar-refractivity contribution in [2.45, 2.75) is 46.3 Å². The number of guanidine groups is 1. The molecule has 0 unspecified atom stereocenters. The number of hydrogen-bond donors (Lipinski definition) is 2. The number of aryl methyl sites for hydroxylation is 2. The molecule has 1 heterocycles. The smallest absolute Gasteiger partial charge is 0.222 e. The first-order chi connectivity index (χ1) is 13.5. The number of aliphatic imine (C=N–C) groups is 1. The molecule has 0 atom stereocenters. The molecule has 6 heteroatoms. The van der Waals surface area contributed by atoms with Gasteiger partial charge in [-0.15, -0.1) is 24.0 Å². The molecule has 0 saturated carbocycles. The lowest BCUT2D eigenvalue weighted by Gasteiger charge is -2.17. The van der Waals surface area contributed by atoms with Gasteiger partial charge in [0.25, 0.3) is 0 Å². The molecule has 156 valence electrons. The molecule has 1 saturated heterocycles. The molecule has 1 aliphatic heterocycles. The SMILES string of the molecule is CN=C(NCc1cccc(CN2CCCC2=O)c1)NCc1ccc(C)cc1C.I. The Labute approximate surface area is 191 Å². The first kappa shape index (κ1) is 23.2. The highest BCUT2D eigenvalue weighted by molar-refractivity contribution is 14.0. The minimum absolute atomic E-state index is 0. The van der Waals surface area contributed by atoms with Gasteiger partial charge in [-0.05, 0) is 42.5 Å². The summed E-state index contributed by atoms with van der Waals surface area (Å²) in [5.41, 5.74) is 6.18. The lowest BCUT2D eigenvalue weighted by molar-refractivity contribution is -0.128. The van der Waals surface area contributed by atoms with Crippen molar-refractivity contribution >= 4 is 35.8 Å². The predicted octanol–water partition coefficient (Wildman–Crippen LogP) is 3.91. The molecule has 1 amide bonds. The molecule has 29 heavy (non-hydrogen) atoms. The molecule has 2 N–H and O–H groups in total. The summed E-state index contributed by atoms with van der Waals surface area (Å²) in [6, 6.07) is 14.9. The zero-order valence-electron chi connectivity index (χ0n) is 17.5. The van der Waals surface area contributed by atoms with Crippen molar-refractivity contribution in [3.8, 4) is 0 Å². The zero-order valence-corrected chi connectivity index (χ0v) is 19.8. The molecule has 1 fully saturated rings. The average molecular weight is 506 g/mol. The summed E-state index contributed by atoms with van der Waals surface area (Å²) < 4.78 is 0. The number of carbonyl (C=O) groups excluding carboxylic acids is 1. The van der Waals surface area contributed by atoms with Gasteiger partial charge < -0.3 is 15.5 Å². The van der Waals surface area contributed by atoms with Crippen LogP contribution in [0, 0.1) is 13.8 Å². The Morgan fingerprint density at radius 3 is 2.52 bits per heavy atom. The van der Waals surface area contributed by atoms with Gasteiger partial charge in [0.15, 0.2) is 5.96 Å². The molecule has 0 aromatic heterocycles. The standard InChI is InChI=1S/C23H30N4O.HI/c1-17-9-10-21(18(2)12-17)15-26-23(24-3)25-14-19-6-4-7-20(13-19)16-27-11-5-8-22(27)28;/h4,6-7,9-10,12-13H,5,8,11,14-16H2,1-3H3,(H2,24,25,26);1H. The third-order valence-electron chi connectivity index (χ3n) is 5.16. The average Bonchev–Trinajstić information content (AvgIpc) is 3.08. The summed E-state index contributed by atoms with van der Waals surface area (Å²) >= 11 is 0. The normalized spacial score (nSPS) is 14.0. The van der Waals surface area contributed by atoms with E-state index in [2.05, 4.69) is 71.9 Å². The van der Waals surface area contributed by atoms with Crippen LogP contribution >= 0.6 is 24.0 Å². The Kier molecular flexibility index (Phi) is 8.95. The molecule has 0 bridgehead atoms. The molecular weight excluding hydrogens is 475 g/mol. The van der Waals surface area contributed by atoms with Crippen LogP contribution in [0.1, 0.15) is 40.7 Å². The number of rotatable bonds is 6. The Morgan fingerprint density at radius 1 is 1.07 bits per heavy atom. The van der Waals surface area contributed by atoms with Gasteiger partial charge in [-0.1, -0.05) is 48.0 Å². The number of amides is 1. The fourth-order valence-corrected chi connectivity index (χ4v) is 3.56. The molecule has 1 aliphatic rings. The van der Waals surface area contributed by atoms with Crippen LogP contribution in [0.4, 0.5) is 0 Å². The maximum Gasteiger partial charge on any atom is 0.222 e. The summed E-state index contributed by atoms with van der Waals surface area (Å²) in [7, 11) is 1.78. The van der Waals surface area contributed by atoms with E-state index in [1.165, 1.54) is 27.8 Å². The van der Waals surface area contributed by atoms with Gasteiger partial charge in [-0.25, -0.2) is 0 Å². The number of nitrogens with zero attached hydrogens (tertiary/aromatic N) is 2. The topological polar surface area (TPSA) is 56.7 Å². The third-order valence-corrected chi connectivity index (χ3v) is 5.16. The van der Waals surface area contributed by atoms with Crippen molar-refractivity contribution < 1.29 is 4.79 Å². The van der Waals surface area contributed by atoms with Gasteiger partial charge in [-0.3, -0.25) is 9.79 Å². The van der Waals surface area contributed by atoms with Crippen molar-refractivity contribution in [1.82, 2.24) is 15.5 Å². The second-order valence-electron chi connectivity index (χ2n) is 7.45. The second-order valence-corrected chi connectivity index (χ2v) is 7.45. The van der Waals surface area contributed by atoms with E-state index in [0.29, 0.717) is 19.5 Å². The minimum Gasteiger partial charge on any atom is -0.352 e. The number of likely N-dealkylation sites (tertiary alicyclic amines) is 1. The van der Waals surface area contributed by atoms with E-state index in [9.17, 15) is 4.79 Å². The fourth-order valence-electron chi connectivity index (χ4n) is 3.56. The number of halogens is 1. The molecule has 0 spiro atoms. The molecule has 3 rings (SSSR count). The van der Waals surface area contributed by atoms with E-state index >= 15 is 0 Å². The zero-order chi connectivity index (χ0) is 19.9. The highest BCUT2D eigenvalue weighted by Gasteiger charge is 2.19. The van der Waals surface area contributed by atoms with Crippen LogP contribution in [0.25, 0.3) is 0 Å². The summed E-state index contributed by atoms with van der Waals surface area (Å²) in [5, 5.41) is 6.76. The highest BCUT2D eigenvalue weighted by Crippen LogP contribution is 2.15. The number of carbonyl (C=O) groups is 1. The second kappa shape index (κ2) is 11.2. The summed E-state index contributed by atoms with van der Waals surface area (Å²) in [5.74, 6) is 1.04. The van der Waals surface area contributed by atoms with Gasteiger partial charge in [0.2, 0.25) is 5.91 Å². The van der Waals surface area contributed by atoms with Gasteiger partial charge >= 0.3 is 0 Å². The first-order valence-electron chi connectivity index (χ1n) is 9.91. The van der Waals surface area contributed by atoms with E-state index in [1.807, 2.05) is 4.90 Å².